The van der Waals surface area contributed by atoms with Crippen LogP contribution in [0.1, 0.15) is 64.4 Å². The minimum Gasteiger partial charge on any atom is -0.478 e. The van der Waals surface area contributed by atoms with E-state index in [9.17, 15) is 14.7 Å². The molecule has 0 aliphatic heterocycles. The number of hydrogen-bond acceptors (Lipinski definition) is 2. The van der Waals surface area contributed by atoms with Crippen LogP contribution in [-0.2, 0) is 0 Å². The lowest BCUT2D eigenvalue weighted by Crippen LogP contribution is -2.38. The summed E-state index contributed by atoms with van der Waals surface area (Å²) in [6.45, 7) is 5.51. The van der Waals surface area contributed by atoms with Crippen molar-refractivity contribution in [1.82, 2.24) is 5.32 Å². The van der Waals surface area contributed by atoms with Crippen LogP contribution in [0.2, 0.25) is 0 Å². The van der Waals surface area contributed by atoms with Gasteiger partial charge in [0.15, 0.2) is 0 Å². The second-order valence-corrected chi connectivity index (χ2v) is 6.06. The van der Waals surface area contributed by atoms with Gasteiger partial charge < -0.3 is 10.4 Å². The van der Waals surface area contributed by atoms with Gasteiger partial charge in [-0.25, -0.2) is 4.79 Å². The van der Waals surface area contributed by atoms with Gasteiger partial charge in [0, 0.05) is 6.04 Å². The van der Waals surface area contributed by atoms with Gasteiger partial charge in [-0.15, -0.1) is 0 Å². The molecule has 1 amide bonds. The van der Waals surface area contributed by atoms with E-state index in [0.29, 0.717) is 22.6 Å². The SMILES string of the molecule is Cc1ccc(C)c(C(=O)N[C@H](C)C2CCCC2)c1C(=O)O. The third-order valence-corrected chi connectivity index (χ3v) is 4.53. The van der Waals surface area contributed by atoms with E-state index >= 15 is 0 Å². The van der Waals surface area contributed by atoms with Gasteiger partial charge >= 0.3 is 5.97 Å². The van der Waals surface area contributed by atoms with Crippen molar-refractivity contribution in [3.05, 3.63) is 34.4 Å². The number of benzene rings is 1. The number of carboxylic acids is 1. The molecule has 0 unspecified atom stereocenters. The van der Waals surface area contributed by atoms with Gasteiger partial charge in [0.25, 0.3) is 5.91 Å². The minimum atomic E-state index is -1.05. The Hall–Kier alpha value is -1.84. The summed E-state index contributed by atoms with van der Waals surface area (Å²) in [6, 6.07) is 3.63. The van der Waals surface area contributed by atoms with Crippen molar-refractivity contribution >= 4 is 11.9 Å². The summed E-state index contributed by atoms with van der Waals surface area (Å²) < 4.78 is 0. The Kier molecular flexibility index (Phi) is 4.66. The zero-order valence-electron chi connectivity index (χ0n) is 12.9. The van der Waals surface area contributed by atoms with Crippen LogP contribution in [0, 0.1) is 19.8 Å². The van der Waals surface area contributed by atoms with Crippen molar-refractivity contribution in [2.75, 3.05) is 0 Å². The highest BCUT2D eigenvalue weighted by molar-refractivity contribution is 6.06. The molecule has 114 valence electrons. The number of carbonyl (C=O) groups is 2. The second-order valence-electron chi connectivity index (χ2n) is 6.06. The maximum atomic E-state index is 12.5. The Bertz CT molecular complexity index is 559. The number of aryl methyl sites for hydroxylation is 2. The van der Waals surface area contributed by atoms with Crippen LogP contribution in [0.15, 0.2) is 12.1 Å². The maximum Gasteiger partial charge on any atom is 0.336 e. The minimum absolute atomic E-state index is 0.0848. The molecule has 0 radical (unpaired) electrons. The highest BCUT2D eigenvalue weighted by atomic mass is 16.4. The standard InChI is InChI=1S/C17H23NO3/c1-10-8-9-11(2)15(17(20)21)14(10)16(19)18-12(3)13-6-4-5-7-13/h8-9,12-13H,4-7H2,1-3H3,(H,18,19)(H,20,21)/t12-/m1/s1. The predicted octanol–water partition coefficient (Wildman–Crippen LogP) is 3.31. The van der Waals surface area contributed by atoms with Gasteiger partial charge in [-0.1, -0.05) is 25.0 Å². The summed E-state index contributed by atoms with van der Waals surface area (Å²) in [6.07, 6.45) is 4.71. The van der Waals surface area contributed by atoms with Crippen molar-refractivity contribution in [2.45, 2.75) is 52.5 Å². The number of amides is 1. The second kappa shape index (κ2) is 6.29. The van der Waals surface area contributed by atoms with Crippen LogP contribution in [0.25, 0.3) is 0 Å². The molecule has 2 rings (SSSR count). The zero-order chi connectivity index (χ0) is 15.6. The molecule has 1 aromatic carbocycles. The smallest absolute Gasteiger partial charge is 0.336 e. The first-order valence-electron chi connectivity index (χ1n) is 7.56. The Morgan fingerprint density at radius 3 is 2.19 bits per heavy atom. The average Bonchev–Trinajstić information content (AvgIpc) is 2.94. The number of carbonyl (C=O) groups excluding carboxylic acids is 1. The molecule has 0 aromatic heterocycles. The molecule has 0 spiro atoms. The molecule has 1 saturated carbocycles. The third-order valence-electron chi connectivity index (χ3n) is 4.53. The summed E-state index contributed by atoms with van der Waals surface area (Å²) in [5.74, 6) is -0.810. The van der Waals surface area contributed by atoms with Crippen LogP contribution >= 0.6 is 0 Å². The zero-order valence-corrected chi connectivity index (χ0v) is 12.9. The van der Waals surface area contributed by atoms with E-state index in [0.717, 1.165) is 12.8 Å². The van der Waals surface area contributed by atoms with E-state index in [1.807, 2.05) is 6.92 Å². The summed E-state index contributed by atoms with van der Waals surface area (Å²) in [5, 5.41) is 12.4. The molecule has 1 aliphatic carbocycles. The van der Waals surface area contributed by atoms with E-state index in [4.69, 9.17) is 0 Å². The summed E-state index contributed by atoms with van der Waals surface area (Å²) in [7, 11) is 0. The van der Waals surface area contributed by atoms with E-state index in [2.05, 4.69) is 5.32 Å². The lowest BCUT2D eigenvalue weighted by molar-refractivity contribution is 0.0689. The fourth-order valence-electron chi connectivity index (χ4n) is 3.23. The summed E-state index contributed by atoms with van der Waals surface area (Å²) in [4.78, 5) is 24.0. The van der Waals surface area contributed by atoms with E-state index in [1.165, 1.54) is 12.8 Å². The van der Waals surface area contributed by atoms with Crippen LogP contribution in [-0.4, -0.2) is 23.0 Å². The molecule has 0 saturated heterocycles. The fourth-order valence-corrected chi connectivity index (χ4v) is 3.23. The van der Waals surface area contributed by atoms with E-state index in [-0.39, 0.29) is 17.5 Å². The molecule has 1 fully saturated rings. The lowest BCUT2D eigenvalue weighted by Gasteiger charge is -2.21. The van der Waals surface area contributed by atoms with Crippen molar-refractivity contribution in [1.29, 1.82) is 0 Å². The Morgan fingerprint density at radius 2 is 1.67 bits per heavy atom. The highest BCUT2D eigenvalue weighted by Gasteiger charge is 2.26. The fraction of sp³-hybridized carbons (Fsp3) is 0.529. The van der Waals surface area contributed by atoms with Crippen molar-refractivity contribution in [3.8, 4) is 0 Å². The average molecular weight is 289 g/mol. The Balaban J connectivity index is 2.26. The third kappa shape index (κ3) is 3.26. The molecule has 4 nitrogen and oxygen atoms in total. The first-order valence-corrected chi connectivity index (χ1v) is 7.56. The largest absolute Gasteiger partial charge is 0.478 e. The molecule has 1 aromatic rings. The molecule has 1 aliphatic rings. The van der Waals surface area contributed by atoms with Gasteiger partial charge in [-0.05, 0) is 50.7 Å². The molecule has 0 heterocycles. The quantitative estimate of drug-likeness (QED) is 0.893. The van der Waals surface area contributed by atoms with Crippen LogP contribution in [0.5, 0.6) is 0 Å². The maximum absolute atomic E-state index is 12.5. The number of nitrogens with one attached hydrogen (secondary N) is 1. The van der Waals surface area contributed by atoms with E-state index in [1.54, 1.807) is 26.0 Å². The number of rotatable bonds is 4. The Morgan fingerprint density at radius 1 is 1.14 bits per heavy atom. The Labute approximate surface area is 125 Å². The number of hydrogen-bond donors (Lipinski definition) is 2. The molecule has 4 heteroatoms. The predicted molar refractivity (Wildman–Crippen MR) is 81.8 cm³/mol. The highest BCUT2D eigenvalue weighted by Crippen LogP contribution is 2.28. The van der Waals surface area contributed by atoms with Crippen LogP contribution in [0.4, 0.5) is 0 Å². The molecular formula is C17H23NO3. The van der Waals surface area contributed by atoms with Gasteiger partial charge in [0.2, 0.25) is 0 Å². The van der Waals surface area contributed by atoms with E-state index < -0.39 is 5.97 Å². The van der Waals surface area contributed by atoms with Crippen molar-refractivity contribution in [2.24, 2.45) is 5.92 Å². The van der Waals surface area contributed by atoms with Crippen LogP contribution < -0.4 is 5.32 Å². The molecule has 2 N–H and O–H groups in total. The topological polar surface area (TPSA) is 66.4 Å². The number of aromatic carboxylic acids is 1. The molecule has 21 heavy (non-hydrogen) atoms. The normalized spacial score (nSPS) is 16.7. The van der Waals surface area contributed by atoms with Crippen LogP contribution in [0.3, 0.4) is 0 Å². The van der Waals surface area contributed by atoms with Gasteiger partial charge in [0.05, 0.1) is 11.1 Å². The monoisotopic (exact) mass is 289 g/mol. The lowest BCUT2D eigenvalue weighted by atomic mass is 9.95. The summed E-state index contributed by atoms with van der Waals surface area (Å²) >= 11 is 0. The molecule has 0 bridgehead atoms. The van der Waals surface area contributed by atoms with Crippen molar-refractivity contribution < 1.29 is 14.7 Å². The summed E-state index contributed by atoms with van der Waals surface area (Å²) in [5.41, 5.74) is 1.74. The molecule has 1 atom stereocenters. The number of carboxylic acid groups (broad SMARTS) is 1. The van der Waals surface area contributed by atoms with Gasteiger partial charge in [-0.3, -0.25) is 4.79 Å². The van der Waals surface area contributed by atoms with Gasteiger partial charge in [0.1, 0.15) is 0 Å². The first kappa shape index (κ1) is 15.5. The first-order chi connectivity index (χ1) is 9.91. The molecular weight excluding hydrogens is 266 g/mol. The van der Waals surface area contributed by atoms with Crippen molar-refractivity contribution in [3.63, 3.8) is 0 Å². The van der Waals surface area contributed by atoms with Gasteiger partial charge in [-0.2, -0.15) is 0 Å².